The van der Waals surface area contributed by atoms with Crippen LogP contribution in [-0.2, 0) is 13.1 Å². The van der Waals surface area contributed by atoms with Crippen molar-refractivity contribution in [3.8, 4) is 0 Å². The lowest BCUT2D eigenvalue weighted by Gasteiger charge is -2.35. The van der Waals surface area contributed by atoms with Gasteiger partial charge < -0.3 is 5.11 Å². The zero-order valence-corrected chi connectivity index (χ0v) is 15.0. The molecule has 0 saturated carbocycles. The quantitative estimate of drug-likeness (QED) is 0.779. The van der Waals surface area contributed by atoms with E-state index < -0.39 is 6.10 Å². The van der Waals surface area contributed by atoms with Gasteiger partial charge in [0.1, 0.15) is 0 Å². The van der Waals surface area contributed by atoms with Crippen LogP contribution in [0.3, 0.4) is 0 Å². The van der Waals surface area contributed by atoms with Crippen molar-refractivity contribution >= 4 is 0 Å². The summed E-state index contributed by atoms with van der Waals surface area (Å²) in [4.78, 5) is 4.72. The monoisotopic (exact) mass is 344 g/mol. The first-order valence-corrected chi connectivity index (χ1v) is 9.19. The predicted octanol–water partition coefficient (Wildman–Crippen LogP) is 1.32. The van der Waals surface area contributed by atoms with Crippen molar-refractivity contribution in [2.75, 3.05) is 32.7 Å². The van der Waals surface area contributed by atoms with Crippen LogP contribution in [0, 0.1) is 0 Å². The van der Waals surface area contributed by atoms with E-state index in [2.05, 4.69) is 32.2 Å². The molecule has 1 aromatic carbocycles. The first kappa shape index (κ1) is 18.0. The number of aromatic nitrogens is 4. The number of aliphatic hydroxyl groups is 1. The number of tetrazole rings is 1. The molecule has 7 nitrogen and oxygen atoms in total. The molecule has 25 heavy (non-hydrogen) atoms. The molecule has 0 radical (unpaired) electrons. The van der Waals surface area contributed by atoms with Gasteiger partial charge in [-0.15, -0.1) is 5.10 Å². The predicted molar refractivity (Wildman–Crippen MR) is 95.8 cm³/mol. The minimum Gasteiger partial charge on any atom is -0.387 e. The Kier molecular flexibility index (Phi) is 6.49. The lowest BCUT2D eigenvalue weighted by molar-refractivity contribution is 0.0687. The van der Waals surface area contributed by atoms with Crippen molar-refractivity contribution in [1.29, 1.82) is 0 Å². The Balaban J connectivity index is 1.45. The molecule has 1 saturated heterocycles. The summed E-state index contributed by atoms with van der Waals surface area (Å²) in [5, 5.41) is 22.5. The third-order valence-electron chi connectivity index (χ3n) is 4.77. The van der Waals surface area contributed by atoms with Crippen LogP contribution in [0.5, 0.6) is 0 Å². The molecule has 1 aliphatic heterocycles. The maximum atomic E-state index is 10.4. The third-order valence-corrected chi connectivity index (χ3v) is 4.77. The van der Waals surface area contributed by atoms with Crippen LogP contribution < -0.4 is 0 Å². The Labute approximate surface area is 149 Å². The molecular formula is C18H28N6O. The summed E-state index contributed by atoms with van der Waals surface area (Å²) in [6, 6.07) is 9.88. The van der Waals surface area contributed by atoms with Crippen LogP contribution in [0.2, 0.25) is 0 Å². The molecule has 0 aliphatic carbocycles. The summed E-state index contributed by atoms with van der Waals surface area (Å²) in [5.41, 5.74) is 0.986. The normalized spacial score (nSPS) is 17.7. The number of hydrogen-bond donors (Lipinski definition) is 1. The molecule has 1 fully saturated rings. The van der Waals surface area contributed by atoms with E-state index in [1.54, 1.807) is 0 Å². The van der Waals surface area contributed by atoms with Crippen molar-refractivity contribution in [3.05, 3.63) is 41.7 Å². The van der Waals surface area contributed by atoms with Crippen LogP contribution in [0.1, 0.15) is 37.3 Å². The molecule has 1 aliphatic rings. The maximum absolute atomic E-state index is 10.4. The van der Waals surface area contributed by atoms with E-state index in [0.29, 0.717) is 6.54 Å². The highest BCUT2D eigenvalue weighted by molar-refractivity contribution is 5.17. The van der Waals surface area contributed by atoms with Gasteiger partial charge in [0.15, 0.2) is 5.82 Å². The number of piperazine rings is 1. The van der Waals surface area contributed by atoms with Gasteiger partial charge >= 0.3 is 0 Å². The van der Waals surface area contributed by atoms with E-state index in [0.717, 1.165) is 63.5 Å². The summed E-state index contributed by atoms with van der Waals surface area (Å²) < 4.78 is 1.93. The van der Waals surface area contributed by atoms with E-state index >= 15 is 0 Å². The Hall–Kier alpha value is -1.83. The second kappa shape index (κ2) is 9.03. The van der Waals surface area contributed by atoms with Crippen molar-refractivity contribution in [3.63, 3.8) is 0 Å². The first-order chi connectivity index (χ1) is 12.3. The molecule has 7 heteroatoms. The zero-order valence-electron chi connectivity index (χ0n) is 15.0. The van der Waals surface area contributed by atoms with Crippen LogP contribution in [0.15, 0.2) is 30.3 Å². The van der Waals surface area contributed by atoms with E-state index in [4.69, 9.17) is 0 Å². The summed E-state index contributed by atoms with van der Waals surface area (Å²) in [6.45, 7) is 8.41. The largest absolute Gasteiger partial charge is 0.387 e. The third kappa shape index (κ3) is 5.07. The molecule has 3 rings (SSSR count). The second-order valence-corrected chi connectivity index (χ2v) is 6.68. The van der Waals surface area contributed by atoms with Crippen LogP contribution in [0.25, 0.3) is 0 Å². The molecule has 2 heterocycles. The summed E-state index contributed by atoms with van der Waals surface area (Å²) in [7, 11) is 0. The van der Waals surface area contributed by atoms with Crippen molar-refractivity contribution < 1.29 is 5.11 Å². The van der Waals surface area contributed by atoms with Crippen molar-refractivity contribution in [2.24, 2.45) is 0 Å². The van der Waals surface area contributed by atoms with E-state index in [9.17, 15) is 5.11 Å². The fraction of sp³-hybridized carbons (Fsp3) is 0.611. The maximum Gasteiger partial charge on any atom is 0.165 e. The number of benzene rings is 1. The first-order valence-electron chi connectivity index (χ1n) is 9.19. The smallest absolute Gasteiger partial charge is 0.165 e. The van der Waals surface area contributed by atoms with Gasteiger partial charge in [-0.3, -0.25) is 9.80 Å². The Bertz CT molecular complexity index is 624. The highest BCUT2D eigenvalue weighted by Crippen LogP contribution is 2.15. The van der Waals surface area contributed by atoms with Gasteiger partial charge in [-0.2, -0.15) is 0 Å². The Morgan fingerprint density at radius 2 is 1.80 bits per heavy atom. The van der Waals surface area contributed by atoms with Gasteiger partial charge in [-0.1, -0.05) is 43.7 Å². The van der Waals surface area contributed by atoms with Gasteiger partial charge in [0, 0.05) is 39.3 Å². The van der Waals surface area contributed by atoms with Gasteiger partial charge in [0.05, 0.1) is 12.6 Å². The molecule has 1 atom stereocenters. The molecule has 1 N–H and O–H groups in total. The zero-order chi connectivity index (χ0) is 17.5. The Morgan fingerprint density at radius 3 is 2.52 bits per heavy atom. The highest BCUT2D eigenvalue weighted by Gasteiger charge is 2.21. The summed E-state index contributed by atoms with van der Waals surface area (Å²) in [6.07, 6.45) is 1.82. The topological polar surface area (TPSA) is 70.3 Å². The number of hydrogen-bond acceptors (Lipinski definition) is 6. The molecule has 0 amide bonds. The number of aliphatic hydroxyl groups excluding tert-OH is 1. The van der Waals surface area contributed by atoms with Crippen LogP contribution >= 0.6 is 0 Å². The van der Waals surface area contributed by atoms with E-state index in [1.165, 1.54) is 0 Å². The lowest BCUT2D eigenvalue weighted by Crippen LogP contribution is -2.47. The SMILES string of the molecule is CCCCn1nnnc1CN1CCN(C[C@H](O)c2ccccc2)CC1. The number of nitrogens with zero attached hydrogens (tertiary/aromatic N) is 6. The number of aryl methyl sites for hydroxylation is 1. The van der Waals surface area contributed by atoms with Crippen LogP contribution in [0.4, 0.5) is 0 Å². The number of rotatable bonds is 8. The second-order valence-electron chi connectivity index (χ2n) is 6.68. The van der Waals surface area contributed by atoms with Crippen LogP contribution in [-0.4, -0.2) is 67.8 Å². The fourth-order valence-electron chi connectivity index (χ4n) is 3.17. The summed E-state index contributed by atoms with van der Waals surface area (Å²) >= 11 is 0. The fourth-order valence-corrected chi connectivity index (χ4v) is 3.17. The number of β-amino-alcohol motifs (C(OH)–C–C–N with tert-alkyl or cyclic N) is 1. The lowest BCUT2D eigenvalue weighted by atomic mass is 10.1. The standard InChI is InChI=1S/C18H28N6O/c1-2-3-9-24-18(19-20-21-24)15-23-12-10-22(11-13-23)14-17(25)16-7-5-4-6-8-16/h4-8,17,25H,2-3,9-15H2,1H3/t17-/m0/s1. The average molecular weight is 344 g/mol. The molecule has 136 valence electrons. The molecule has 0 unspecified atom stereocenters. The van der Waals surface area contributed by atoms with Crippen molar-refractivity contribution in [2.45, 2.75) is 39.0 Å². The molecule has 1 aromatic heterocycles. The molecule has 0 spiro atoms. The van der Waals surface area contributed by atoms with Gasteiger partial charge in [-0.25, -0.2) is 4.68 Å². The van der Waals surface area contributed by atoms with Gasteiger partial charge in [0.2, 0.25) is 0 Å². The molecule has 2 aromatic rings. The van der Waals surface area contributed by atoms with E-state index in [-0.39, 0.29) is 0 Å². The summed E-state index contributed by atoms with van der Waals surface area (Å²) in [5.74, 6) is 0.950. The minimum atomic E-state index is -0.422. The Morgan fingerprint density at radius 1 is 1.08 bits per heavy atom. The number of unbranched alkanes of at least 4 members (excludes halogenated alkanes) is 1. The molecular weight excluding hydrogens is 316 g/mol. The minimum absolute atomic E-state index is 0.422. The molecule has 0 bridgehead atoms. The average Bonchev–Trinajstić information content (AvgIpc) is 3.09. The van der Waals surface area contributed by atoms with Crippen molar-refractivity contribution in [1.82, 2.24) is 30.0 Å². The van der Waals surface area contributed by atoms with E-state index in [1.807, 2.05) is 35.0 Å². The van der Waals surface area contributed by atoms with Gasteiger partial charge in [0.25, 0.3) is 0 Å². The van der Waals surface area contributed by atoms with Gasteiger partial charge in [-0.05, 0) is 22.4 Å². The highest BCUT2D eigenvalue weighted by atomic mass is 16.3.